The highest BCUT2D eigenvalue weighted by Crippen LogP contribution is 2.40. The Morgan fingerprint density at radius 2 is 2.08 bits per heavy atom. The topological polar surface area (TPSA) is 112 Å². The summed E-state index contributed by atoms with van der Waals surface area (Å²) in [5.74, 6) is 0. The van der Waals surface area contributed by atoms with Crippen LogP contribution >= 0.6 is 0 Å². The molecule has 0 saturated carbocycles. The molecule has 1 aromatic carbocycles. The van der Waals surface area contributed by atoms with Gasteiger partial charge in [0.1, 0.15) is 11.8 Å². The molecule has 0 saturated heterocycles. The highest BCUT2D eigenvalue weighted by atomic mass is 32.2. The highest BCUT2D eigenvalue weighted by molar-refractivity contribution is 7.89. The fourth-order valence-electron chi connectivity index (χ4n) is 3.36. The Labute approximate surface area is 152 Å². The minimum atomic E-state index is -3.67. The van der Waals surface area contributed by atoms with Crippen LogP contribution in [0.1, 0.15) is 28.8 Å². The summed E-state index contributed by atoms with van der Waals surface area (Å²) in [5.41, 5.74) is 5.48. The van der Waals surface area contributed by atoms with Gasteiger partial charge in [-0.3, -0.25) is 0 Å². The molecule has 7 nitrogen and oxygen atoms in total. The Balaban J connectivity index is 2.15. The summed E-state index contributed by atoms with van der Waals surface area (Å²) in [7, 11) is -3.67. The zero-order valence-corrected chi connectivity index (χ0v) is 15.3. The number of fused-ring (bicyclic) bond motifs is 1. The number of hydrogen-bond acceptors (Lipinski definition) is 5. The number of rotatable bonds is 3. The highest BCUT2D eigenvalue weighted by Gasteiger charge is 2.23. The quantitative estimate of drug-likeness (QED) is 0.862. The average molecular weight is 370 g/mol. The number of carbonyl (C=O) groups is 1. The van der Waals surface area contributed by atoms with Crippen molar-refractivity contribution in [3.63, 3.8) is 0 Å². The molecule has 0 spiro atoms. The first-order valence-electron chi connectivity index (χ1n) is 8.09. The van der Waals surface area contributed by atoms with Crippen molar-refractivity contribution >= 4 is 21.7 Å². The summed E-state index contributed by atoms with van der Waals surface area (Å²) in [6.07, 6.45) is 5.16. The first-order chi connectivity index (χ1) is 12.3. The molecule has 2 amide bonds. The van der Waals surface area contributed by atoms with E-state index in [4.69, 9.17) is 5.26 Å². The van der Waals surface area contributed by atoms with Crippen molar-refractivity contribution in [3.05, 3.63) is 46.8 Å². The molecule has 3 rings (SSSR count). The minimum Gasteiger partial charge on any atom is -0.306 e. The molecule has 1 aliphatic rings. The maximum Gasteiger partial charge on any atom is 0.332 e. The normalized spacial score (nSPS) is 13.0. The molecule has 2 aromatic rings. The van der Waals surface area contributed by atoms with Crippen LogP contribution in [-0.4, -0.2) is 25.7 Å². The molecular weight excluding hydrogens is 352 g/mol. The molecule has 0 unspecified atom stereocenters. The van der Waals surface area contributed by atoms with Gasteiger partial charge in [-0.1, -0.05) is 6.07 Å². The summed E-state index contributed by atoms with van der Waals surface area (Å²) < 4.78 is 24.6. The summed E-state index contributed by atoms with van der Waals surface area (Å²) in [4.78, 5) is 16.2. The number of amides is 2. The third kappa shape index (κ3) is 3.68. The van der Waals surface area contributed by atoms with Gasteiger partial charge >= 0.3 is 6.03 Å². The number of urea groups is 1. The molecule has 0 fully saturated rings. The van der Waals surface area contributed by atoms with Gasteiger partial charge < -0.3 is 5.32 Å². The second kappa shape index (κ2) is 6.77. The van der Waals surface area contributed by atoms with Crippen molar-refractivity contribution in [1.29, 1.82) is 5.26 Å². The van der Waals surface area contributed by atoms with Gasteiger partial charge in [-0.2, -0.15) is 5.26 Å². The third-order valence-corrected chi connectivity index (χ3v) is 4.83. The number of nitrogens with one attached hydrogen (secondary N) is 2. The Morgan fingerprint density at radius 3 is 2.77 bits per heavy atom. The van der Waals surface area contributed by atoms with Crippen molar-refractivity contribution in [1.82, 2.24) is 9.71 Å². The van der Waals surface area contributed by atoms with Crippen LogP contribution in [0, 0.1) is 18.3 Å². The lowest BCUT2D eigenvalue weighted by Gasteiger charge is -2.19. The molecule has 1 heterocycles. The lowest BCUT2D eigenvalue weighted by molar-refractivity contribution is 0.256. The van der Waals surface area contributed by atoms with Crippen molar-refractivity contribution < 1.29 is 13.2 Å². The predicted octanol–water partition coefficient (Wildman–Crippen LogP) is 2.50. The first kappa shape index (κ1) is 17.9. The fourth-order valence-corrected chi connectivity index (χ4v) is 3.75. The summed E-state index contributed by atoms with van der Waals surface area (Å²) >= 11 is 0. The van der Waals surface area contributed by atoms with Gasteiger partial charge in [0.05, 0.1) is 11.9 Å². The van der Waals surface area contributed by atoms with E-state index in [2.05, 4.69) is 16.4 Å². The number of carbonyl (C=O) groups excluding carboxylic acids is 1. The van der Waals surface area contributed by atoms with Crippen LogP contribution in [0.15, 0.2) is 24.4 Å². The molecule has 8 heteroatoms. The number of sulfonamides is 1. The van der Waals surface area contributed by atoms with Crippen LogP contribution in [0.4, 0.5) is 10.5 Å². The van der Waals surface area contributed by atoms with Crippen LogP contribution in [0.5, 0.6) is 0 Å². The Kier molecular flexibility index (Phi) is 4.66. The van der Waals surface area contributed by atoms with Crippen molar-refractivity contribution in [3.8, 4) is 17.2 Å². The van der Waals surface area contributed by atoms with Gasteiger partial charge in [-0.05, 0) is 60.6 Å². The molecule has 0 radical (unpaired) electrons. The summed E-state index contributed by atoms with van der Waals surface area (Å²) in [5, 5.41) is 11.8. The van der Waals surface area contributed by atoms with Crippen molar-refractivity contribution in [2.24, 2.45) is 0 Å². The van der Waals surface area contributed by atoms with Crippen LogP contribution in [0.3, 0.4) is 0 Å². The SMILES string of the molecule is Cc1cc2c(c(NC(=O)NS(C)(=O)=O)c1-c1ccnc(C#N)c1)CCC2. The second-order valence-corrected chi connectivity index (χ2v) is 8.05. The molecule has 1 aliphatic carbocycles. The number of anilines is 1. The van der Waals surface area contributed by atoms with Crippen molar-refractivity contribution in [2.45, 2.75) is 26.2 Å². The standard InChI is InChI=1S/C18H18N4O3S/c1-11-8-12-4-3-5-15(12)17(21-18(23)22-26(2,24)25)16(11)13-6-7-20-14(9-13)10-19/h6-9H,3-5H2,1-2H3,(H2,21,22,23). The van der Waals surface area contributed by atoms with E-state index in [0.29, 0.717) is 5.69 Å². The molecule has 2 N–H and O–H groups in total. The number of nitriles is 1. The van der Waals surface area contributed by atoms with Crippen LogP contribution in [-0.2, 0) is 22.9 Å². The number of pyridine rings is 1. The maximum absolute atomic E-state index is 12.2. The second-order valence-electron chi connectivity index (χ2n) is 6.30. The number of aromatic nitrogens is 1. The predicted molar refractivity (Wildman–Crippen MR) is 98.1 cm³/mol. The maximum atomic E-state index is 12.2. The number of nitrogens with zero attached hydrogens (tertiary/aromatic N) is 2. The van der Waals surface area contributed by atoms with Gasteiger partial charge in [0.25, 0.3) is 0 Å². The van der Waals surface area contributed by atoms with E-state index < -0.39 is 16.1 Å². The number of hydrogen-bond donors (Lipinski definition) is 2. The monoisotopic (exact) mass is 370 g/mol. The number of benzene rings is 1. The van der Waals surface area contributed by atoms with Gasteiger partial charge in [-0.25, -0.2) is 22.9 Å². The van der Waals surface area contributed by atoms with E-state index in [0.717, 1.165) is 53.3 Å². The number of aryl methyl sites for hydroxylation is 2. The lowest BCUT2D eigenvalue weighted by Crippen LogP contribution is -2.34. The average Bonchev–Trinajstić information content (AvgIpc) is 3.01. The molecule has 134 valence electrons. The summed E-state index contributed by atoms with van der Waals surface area (Å²) in [6, 6.07) is 6.72. The van der Waals surface area contributed by atoms with Gasteiger partial charge in [0, 0.05) is 11.8 Å². The van der Waals surface area contributed by atoms with E-state index >= 15 is 0 Å². The van der Waals surface area contributed by atoms with Crippen molar-refractivity contribution in [2.75, 3.05) is 11.6 Å². The molecule has 26 heavy (non-hydrogen) atoms. The van der Waals surface area contributed by atoms with E-state index in [1.54, 1.807) is 18.3 Å². The van der Waals surface area contributed by atoms with Gasteiger partial charge in [0.15, 0.2) is 0 Å². The molecular formula is C18H18N4O3S. The lowest BCUT2D eigenvalue weighted by atomic mass is 9.93. The van der Waals surface area contributed by atoms with Crippen LogP contribution in [0.25, 0.3) is 11.1 Å². The van der Waals surface area contributed by atoms with Gasteiger partial charge in [-0.15, -0.1) is 0 Å². The largest absolute Gasteiger partial charge is 0.332 e. The smallest absolute Gasteiger partial charge is 0.306 e. The third-order valence-electron chi connectivity index (χ3n) is 4.28. The summed E-state index contributed by atoms with van der Waals surface area (Å²) in [6.45, 7) is 1.93. The zero-order chi connectivity index (χ0) is 18.9. The molecule has 0 bridgehead atoms. The Bertz CT molecular complexity index is 1040. The van der Waals surface area contributed by atoms with E-state index in [1.165, 1.54) is 0 Å². The first-order valence-corrected chi connectivity index (χ1v) is 9.98. The van der Waals surface area contributed by atoms with Gasteiger partial charge in [0.2, 0.25) is 10.0 Å². The van der Waals surface area contributed by atoms with E-state index in [-0.39, 0.29) is 5.69 Å². The fraction of sp³-hybridized carbons (Fsp3) is 0.278. The Morgan fingerprint density at radius 1 is 1.31 bits per heavy atom. The minimum absolute atomic E-state index is 0.272. The van der Waals surface area contributed by atoms with Crippen LogP contribution < -0.4 is 10.0 Å². The molecule has 1 aromatic heterocycles. The molecule has 0 aliphatic heterocycles. The van der Waals surface area contributed by atoms with Crippen LogP contribution in [0.2, 0.25) is 0 Å². The van der Waals surface area contributed by atoms with E-state index in [1.807, 2.05) is 17.7 Å². The molecule has 0 atom stereocenters. The van der Waals surface area contributed by atoms with E-state index in [9.17, 15) is 13.2 Å². The Hall–Kier alpha value is -2.92. The zero-order valence-electron chi connectivity index (χ0n) is 14.5.